The van der Waals surface area contributed by atoms with Gasteiger partial charge in [0.15, 0.2) is 11.5 Å². The SMILES string of the molecule is CCOc1cc(C(=O)N2CCC(C(=O)NCc3cccnc3)CC2)ccc1OCc1ccncc1. The predicted octanol–water partition coefficient (Wildman–Crippen LogP) is 3.62. The van der Waals surface area contributed by atoms with Crippen LogP contribution in [0.5, 0.6) is 11.5 Å². The van der Waals surface area contributed by atoms with Gasteiger partial charge in [-0.3, -0.25) is 19.6 Å². The molecule has 4 rings (SSSR count). The third-order valence-corrected chi connectivity index (χ3v) is 5.98. The first-order chi connectivity index (χ1) is 17.1. The molecule has 1 fully saturated rings. The van der Waals surface area contributed by atoms with E-state index < -0.39 is 0 Å². The van der Waals surface area contributed by atoms with Gasteiger partial charge >= 0.3 is 0 Å². The zero-order valence-electron chi connectivity index (χ0n) is 19.9. The van der Waals surface area contributed by atoms with E-state index in [4.69, 9.17) is 9.47 Å². The van der Waals surface area contributed by atoms with Gasteiger partial charge in [-0.05, 0) is 67.3 Å². The molecule has 1 aliphatic heterocycles. The summed E-state index contributed by atoms with van der Waals surface area (Å²) in [5.41, 5.74) is 2.51. The van der Waals surface area contributed by atoms with E-state index in [0.717, 1.165) is 11.1 Å². The van der Waals surface area contributed by atoms with Crippen molar-refractivity contribution in [3.8, 4) is 11.5 Å². The highest BCUT2D eigenvalue weighted by Gasteiger charge is 2.28. The molecular weight excluding hydrogens is 444 g/mol. The Hall–Kier alpha value is -3.94. The van der Waals surface area contributed by atoms with E-state index in [2.05, 4.69) is 15.3 Å². The summed E-state index contributed by atoms with van der Waals surface area (Å²) in [4.78, 5) is 35.6. The number of piperidine rings is 1. The van der Waals surface area contributed by atoms with Crippen LogP contribution in [0, 0.1) is 5.92 Å². The summed E-state index contributed by atoms with van der Waals surface area (Å²) < 4.78 is 11.7. The minimum Gasteiger partial charge on any atom is -0.490 e. The minimum absolute atomic E-state index is 0.0234. The Bertz CT molecular complexity index is 1120. The van der Waals surface area contributed by atoms with Crippen molar-refractivity contribution in [2.75, 3.05) is 19.7 Å². The maximum absolute atomic E-state index is 13.1. The van der Waals surface area contributed by atoms with Gasteiger partial charge in [0.05, 0.1) is 6.61 Å². The molecule has 0 saturated carbocycles. The molecule has 35 heavy (non-hydrogen) atoms. The fraction of sp³-hybridized carbons (Fsp3) is 0.333. The Morgan fingerprint density at radius 3 is 2.49 bits per heavy atom. The second-order valence-corrected chi connectivity index (χ2v) is 8.38. The molecule has 3 heterocycles. The molecule has 2 aromatic heterocycles. The molecule has 1 aliphatic rings. The first-order valence-electron chi connectivity index (χ1n) is 11.9. The molecule has 0 radical (unpaired) electrons. The van der Waals surface area contributed by atoms with Crippen LogP contribution in [0.2, 0.25) is 0 Å². The van der Waals surface area contributed by atoms with Crippen LogP contribution in [0.3, 0.4) is 0 Å². The fourth-order valence-electron chi connectivity index (χ4n) is 4.03. The van der Waals surface area contributed by atoms with Crippen molar-refractivity contribution in [3.63, 3.8) is 0 Å². The second kappa shape index (κ2) is 12.0. The molecule has 8 nitrogen and oxygen atoms in total. The lowest BCUT2D eigenvalue weighted by Crippen LogP contribution is -2.42. The number of hydrogen-bond donors (Lipinski definition) is 1. The molecule has 3 aromatic rings. The number of carbonyl (C=O) groups is 2. The van der Waals surface area contributed by atoms with Gasteiger partial charge in [0.2, 0.25) is 5.91 Å². The number of nitrogens with zero attached hydrogens (tertiary/aromatic N) is 3. The van der Waals surface area contributed by atoms with E-state index in [9.17, 15) is 9.59 Å². The number of carbonyl (C=O) groups excluding carboxylic acids is 2. The topological polar surface area (TPSA) is 93.7 Å². The standard InChI is InChI=1S/C27H30N4O4/c1-2-34-25-16-23(5-6-24(25)35-19-20-7-12-28-13-8-20)27(33)31-14-9-22(10-15-31)26(32)30-18-21-4-3-11-29-17-21/h3-8,11-13,16-17,22H,2,9-10,14-15,18-19H2,1H3,(H,30,32). The number of rotatable bonds is 9. The number of ether oxygens (including phenoxy) is 2. The van der Waals surface area contributed by atoms with Gasteiger partial charge in [-0.15, -0.1) is 0 Å². The lowest BCUT2D eigenvalue weighted by Gasteiger charge is -2.31. The summed E-state index contributed by atoms with van der Waals surface area (Å²) in [6.07, 6.45) is 8.16. The third kappa shape index (κ3) is 6.56. The molecular formula is C27H30N4O4. The zero-order chi connectivity index (χ0) is 24.5. The summed E-state index contributed by atoms with van der Waals surface area (Å²) >= 11 is 0. The number of nitrogens with one attached hydrogen (secondary N) is 1. The summed E-state index contributed by atoms with van der Waals surface area (Å²) in [5, 5.41) is 2.98. The number of aromatic nitrogens is 2. The summed E-state index contributed by atoms with van der Waals surface area (Å²) in [6, 6.07) is 12.8. The Balaban J connectivity index is 1.32. The molecule has 0 atom stereocenters. The van der Waals surface area contributed by atoms with Gasteiger partial charge in [0, 0.05) is 55.9 Å². The lowest BCUT2D eigenvalue weighted by atomic mass is 9.95. The number of amides is 2. The van der Waals surface area contributed by atoms with Crippen LogP contribution in [0.25, 0.3) is 0 Å². The van der Waals surface area contributed by atoms with Gasteiger partial charge in [-0.25, -0.2) is 0 Å². The number of pyridine rings is 2. The Labute approximate surface area is 205 Å². The summed E-state index contributed by atoms with van der Waals surface area (Å²) in [5.74, 6) is 0.982. The maximum Gasteiger partial charge on any atom is 0.253 e. The third-order valence-electron chi connectivity index (χ3n) is 5.98. The van der Waals surface area contributed by atoms with Crippen LogP contribution in [0.1, 0.15) is 41.3 Å². The molecule has 0 aliphatic carbocycles. The average Bonchev–Trinajstić information content (AvgIpc) is 2.92. The van der Waals surface area contributed by atoms with E-state index in [1.807, 2.05) is 31.2 Å². The smallest absolute Gasteiger partial charge is 0.253 e. The normalized spacial score (nSPS) is 13.8. The van der Waals surface area contributed by atoms with E-state index >= 15 is 0 Å². The highest BCUT2D eigenvalue weighted by atomic mass is 16.5. The van der Waals surface area contributed by atoms with Crippen LogP contribution in [-0.4, -0.2) is 46.4 Å². The first-order valence-corrected chi connectivity index (χ1v) is 11.9. The van der Waals surface area contributed by atoms with E-state index in [1.54, 1.807) is 47.9 Å². The number of benzene rings is 1. The van der Waals surface area contributed by atoms with Gasteiger partial charge in [-0.2, -0.15) is 0 Å². The Morgan fingerprint density at radius 2 is 1.77 bits per heavy atom. The van der Waals surface area contributed by atoms with Gasteiger partial charge in [0.25, 0.3) is 5.91 Å². The van der Waals surface area contributed by atoms with Gasteiger partial charge in [-0.1, -0.05) is 6.07 Å². The molecule has 1 N–H and O–H groups in total. The highest BCUT2D eigenvalue weighted by molar-refractivity contribution is 5.95. The van der Waals surface area contributed by atoms with Crippen molar-refractivity contribution in [2.24, 2.45) is 5.92 Å². The first kappa shape index (κ1) is 24.2. The monoisotopic (exact) mass is 474 g/mol. The molecule has 1 aromatic carbocycles. The molecule has 0 bridgehead atoms. The van der Waals surface area contributed by atoms with Gasteiger partial charge in [0.1, 0.15) is 6.61 Å². The fourth-order valence-corrected chi connectivity index (χ4v) is 4.03. The van der Waals surface area contributed by atoms with Crippen LogP contribution < -0.4 is 14.8 Å². The molecule has 0 unspecified atom stereocenters. The van der Waals surface area contributed by atoms with Crippen LogP contribution >= 0.6 is 0 Å². The minimum atomic E-state index is -0.0985. The Kier molecular flexibility index (Phi) is 8.27. The largest absolute Gasteiger partial charge is 0.490 e. The number of likely N-dealkylation sites (tertiary alicyclic amines) is 1. The van der Waals surface area contributed by atoms with Crippen molar-refractivity contribution < 1.29 is 19.1 Å². The van der Waals surface area contributed by atoms with Crippen molar-refractivity contribution in [2.45, 2.75) is 32.9 Å². The molecule has 2 amide bonds. The van der Waals surface area contributed by atoms with E-state index in [1.165, 1.54) is 0 Å². The average molecular weight is 475 g/mol. The van der Waals surface area contributed by atoms with Crippen molar-refractivity contribution in [1.29, 1.82) is 0 Å². The number of hydrogen-bond acceptors (Lipinski definition) is 6. The van der Waals surface area contributed by atoms with Crippen LogP contribution in [0.15, 0.2) is 67.3 Å². The summed E-state index contributed by atoms with van der Waals surface area (Å²) in [7, 11) is 0. The van der Waals surface area contributed by atoms with Gasteiger partial charge < -0.3 is 19.7 Å². The van der Waals surface area contributed by atoms with Crippen molar-refractivity contribution in [3.05, 3.63) is 83.9 Å². The maximum atomic E-state index is 13.1. The highest BCUT2D eigenvalue weighted by Crippen LogP contribution is 2.30. The summed E-state index contributed by atoms with van der Waals surface area (Å²) in [6.45, 7) is 4.27. The predicted molar refractivity (Wildman–Crippen MR) is 131 cm³/mol. The second-order valence-electron chi connectivity index (χ2n) is 8.38. The molecule has 1 saturated heterocycles. The zero-order valence-corrected chi connectivity index (χ0v) is 19.9. The molecule has 0 spiro atoms. The lowest BCUT2D eigenvalue weighted by molar-refractivity contribution is -0.126. The quantitative estimate of drug-likeness (QED) is 0.509. The van der Waals surface area contributed by atoms with E-state index in [0.29, 0.717) is 62.8 Å². The Morgan fingerprint density at radius 1 is 0.971 bits per heavy atom. The van der Waals surface area contributed by atoms with Crippen LogP contribution in [0.4, 0.5) is 0 Å². The van der Waals surface area contributed by atoms with Crippen molar-refractivity contribution in [1.82, 2.24) is 20.2 Å². The van der Waals surface area contributed by atoms with E-state index in [-0.39, 0.29) is 17.7 Å². The van der Waals surface area contributed by atoms with Crippen LogP contribution in [-0.2, 0) is 17.9 Å². The molecule has 182 valence electrons. The molecule has 8 heteroatoms. The van der Waals surface area contributed by atoms with Crippen molar-refractivity contribution >= 4 is 11.8 Å².